The molecule has 0 bridgehead atoms. The monoisotopic (exact) mass is 336 g/mol. The van der Waals surface area contributed by atoms with E-state index >= 15 is 0 Å². The summed E-state index contributed by atoms with van der Waals surface area (Å²) in [4.78, 5) is 43.2. The van der Waals surface area contributed by atoms with Crippen molar-refractivity contribution in [2.24, 2.45) is 0 Å². The summed E-state index contributed by atoms with van der Waals surface area (Å²) in [6.45, 7) is 1.18. The molecule has 130 valence electrons. The first-order valence-corrected chi connectivity index (χ1v) is 7.51. The third kappa shape index (κ3) is 4.58. The first kappa shape index (κ1) is 17.5. The quantitative estimate of drug-likeness (QED) is 0.735. The number of aromatic nitrogens is 2. The molecule has 2 heterocycles. The van der Waals surface area contributed by atoms with Crippen LogP contribution in [0.4, 0.5) is 0 Å². The van der Waals surface area contributed by atoms with Gasteiger partial charge in [-0.3, -0.25) is 19.4 Å². The van der Waals surface area contributed by atoms with E-state index in [1.165, 1.54) is 18.3 Å². The van der Waals surface area contributed by atoms with E-state index in [4.69, 9.17) is 9.47 Å². The lowest BCUT2D eigenvalue weighted by molar-refractivity contribution is -0.118. The second-order valence-corrected chi connectivity index (χ2v) is 5.24. The first-order chi connectivity index (χ1) is 11.5. The van der Waals surface area contributed by atoms with Gasteiger partial charge in [0.25, 0.3) is 17.5 Å². The van der Waals surface area contributed by atoms with Gasteiger partial charge in [0.2, 0.25) is 5.91 Å². The van der Waals surface area contributed by atoms with Gasteiger partial charge in [-0.25, -0.2) is 0 Å². The van der Waals surface area contributed by atoms with Crippen LogP contribution in [0.3, 0.4) is 0 Å². The van der Waals surface area contributed by atoms with Crippen molar-refractivity contribution in [2.75, 3.05) is 33.9 Å². The molecule has 2 rings (SSSR count). The van der Waals surface area contributed by atoms with Crippen molar-refractivity contribution in [1.82, 2.24) is 20.2 Å². The van der Waals surface area contributed by atoms with Gasteiger partial charge in [-0.1, -0.05) is 0 Å². The Morgan fingerprint density at radius 3 is 2.96 bits per heavy atom. The SMILES string of the molecule is COc1nc(C(=O)N(C)CCNC(=O)C2=COCCC2)cc(=O)[nH]1. The number of ether oxygens (including phenoxy) is 2. The molecule has 0 saturated heterocycles. The number of H-pyrrole nitrogens is 1. The Hall–Kier alpha value is -2.84. The van der Waals surface area contributed by atoms with Crippen molar-refractivity contribution in [3.05, 3.63) is 33.9 Å². The van der Waals surface area contributed by atoms with Crippen molar-refractivity contribution >= 4 is 11.8 Å². The zero-order valence-corrected chi connectivity index (χ0v) is 13.6. The minimum Gasteiger partial charge on any atom is -0.501 e. The smallest absolute Gasteiger partial charge is 0.296 e. The fourth-order valence-corrected chi connectivity index (χ4v) is 2.12. The van der Waals surface area contributed by atoms with Gasteiger partial charge in [0.05, 0.1) is 25.6 Å². The molecule has 0 spiro atoms. The highest BCUT2D eigenvalue weighted by Gasteiger charge is 2.17. The van der Waals surface area contributed by atoms with Crippen LogP contribution in [0, 0.1) is 0 Å². The van der Waals surface area contributed by atoms with E-state index in [-0.39, 0.29) is 30.7 Å². The van der Waals surface area contributed by atoms with Crippen molar-refractivity contribution in [3.8, 4) is 6.01 Å². The summed E-state index contributed by atoms with van der Waals surface area (Å²) < 4.78 is 9.95. The van der Waals surface area contributed by atoms with Crippen LogP contribution in [0.2, 0.25) is 0 Å². The average molecular weight is 336 g/mol. The van der Waals surface area contributed by atoms with E-state index in [1.54, 1.807) is 7.05 Å². The van der Waals surface area contributed by atoms with E-state index < -0.39 is 11.5 Å². The van der Waals surface area contributed by atoms with Crippen LogP contribution in [0.25, 0.3) is 0 Å². The Labute approximate surface area is 138 Å². The average Bonchev–Trinajstić information content (AvgIpc) is 2.60. The third-order valence-electron chi connectivity index (χ3n) is 3.44. The maximum atomic E-state index is 12.3. The van der Waals surface area contributed by atoms with Crippen LogP contribution in [-0.4, -0.2) is 60.5 Å². The molecule has 1 aromatic rings. The number of aromatic amines is 1. The van der Waals surface area contributed by atoms with E-state index in [2.05, 4.69) is 15.3 Å². The first-order valence-electron chi connectivity index (χ1n) is 7.51. The molecule has 1 aliphatic heterocycles. The van der Waals surface area contributed by atoms with Gasteiger partial charge < -0.3 is 19.7 Å². The fraction of sp³-hybridized carbons (Fsp3) is 0.467. The van der Waals surface area contributed by atoms with Crippen LogP contribution in [-0.2, 0) is 9.53 Å². The standard InChI is InChI=1S/C15H20N4O5/c1-19(6-5-16-13(21)10-4-3-7-24-9-10)14(22)11-8-12(20)18-15(17-11)23-2/h8-9H,3-7H2,1-2H3,(H,16,21)(H,17,18,20). The van der Waals surface area contributed by atoms with Gasteiger partial charge in [0.1, 0.15) is 5.69 Å². The summed E-state index contributed by atoms with van der Waals surface area (Å²) in [7, 11) is 2.91. The molecule has 1 aliphatic rings. The van der Waals surface area contributed by atoms with E-state index in [1.807, 2.05) is 0 Å². The van der Waals surface area contributed by atoms with Crippen molar-refractivity contribution in [2.45, 2.75) is 12.8 Å². The highest BCUT2D eigenvalue weighted by atomic mass is 16.5. The maximum Gasteiger partial charge on any atom is 0.296 e. The summed E-state index contributed by atoms with van der Waals surface area (Å²) in [5, 5.41) is 2.73. The minimum atomic E-state index is -0.476. The molecule has 9 nitrogen and oxygen atoms in total. The molecular formula is C15H20N4O5. The number of amides is 2. The maximum absolute atomic E-state index is 12.3. The normalized spacial score (nSPS) is 13.5. The molecule has 1 aromatic heterocycles. The zero-order chi connectivity index (χ0) is 17.5. The summed E-state index contributed by atoms with van der Waals surface area (Å²) in [6.07, 6.45) is 2.96. The highest BCUT2D eigenvalue weighted by molar-refractivity contribution is 5.93. The highest BCUT2D eigenvalue weighted by Crippen LogP contribution is 2.11. The molecular weight excluding hydrogens is 316 g/mol. The zero-order valence-electron chi connectivity index (χ0n) is 13.6. The van der Waals surface area contributed by atoms with Crippen LogP contribution in [0.1, 0.15) is 23.3 Å². The third-order valence-corrected chi connectivity index (χ3v) is 3.44. The van der Waals surface area contributed by atoms with E-state index in [0.29, 0.717) is 18.6 Å². The predicted molar refractivity (Wildman–Crippen MR) is 84.6 cm³/mol. The van der Waals surface area contributed by atoms with Crippen molar-refractivity contribution in [3.63, 3.8) is 0 Å². The van der Waals surface area contributed by atoms with Crippen LogP contribution < -0.4 is 15.6 Å². The number of methoxy groups -OCH3 is 1. The number of carbonyl (C=O) groups excluding carboxylic acids is 2. The molecule has 2 N–H and O–H groups in total. The second kappa shape index (κ2) is 8.14. The van der Waals surface area contributed by atoms with Gasteiger partial charge in [-0.2, -0.15) is 4.98 Å². The molecule has 0 aromatic carbocycles. The Kier molecular flexibility index (Phi) is 5.94. The number of nitrogens with zero attached hydrogens (tertiary/aromatic N) is 2. The molecule has 0 saturated carbocycles. The van der Waals surface area contributed by atoms with Gasteiger partial charge in [-0.15, -0.1) is 0 Å². The second-order valence-electron chi connectivity index (χ2n) is 5.24. The fourth-order valence-electron chi connectivity index (χ4n) is 2.12. The molecule has 0 unspecified atom stereocenters. The lowest BCUT2D eigenvalue weighted by atomic mass is 10.1. The van der Waals surface area contributed by atoms with Crippen molar-refractivity contribution < 1.29 is 19.1 Å². The van der Waals surface area contributed by atoms with Gasteiger partial charge in [0, 0.05) is 26.2 Å². The number of hydrogen-bond acceptors (Lipinski definition) is 6. The molecule has 9 heteroatoms. The van der Waals surface area contributed by atoms with Crippen LogP contribution in [0.5, 0.6) is 6.01 Å². The Balaban J connectivity index is 1.88. The molecule has 0 atom stereocenters. The van der Waals surface area contributed by atoms with E-state index in [9.17, 15) is 14.4 Å². The number of likely N-dealkylation sites (N-methyl/N-ethyl adjacent to an activating group) is 1. The number of nitrogens with one attached hydrogen (secondary N) is 2. The molecule has 24 heavy (non-hydrogen) atoms. The van der Waals surface area contributed by atoms with Crippen LogP contribution >= 0.6 is 0 Å². The Morgan fingerprint density at radius 2 is 2.29 bits per heavy atom. The molecule has 0 fully saturated rings. The summed E-state index contributed by atoms with van der Waals surface area (Å²) in [6, 6.07) is 1.07. The van der Waals surface area contributed by atoms with Gasteiger partial charge in [-0.05, 0) is 12.8 Å². The van der Waals surface area contributed by atoms with Crippen molar-refractivity contribution in [1.29, 1.82) is 0 Å². The summed E-state index contributed by atoms with van der Waals surface area (Å²) in [5.41, 5.74) is 0.0974. The number of hydrogen-bond donors (Lipinski definition) is 2. The summed E-state index contributed by atoms with van der Waals surface area (Å²) in [5.74, 6) is -0.639. The topological polar surface area (TPSA) is 114 Å². The number of carbonyl (C=O) groups is 2. The lowest BCUT2D eigenvalue weighted by Crippen LogP contribution is -2.37. The number of rotatable bonds is 6. The predicted octanol–water partition coefficient (Wildman–Crippen LogP) is -0.339. The molecule has 0 aliphatic carbocycles. The van der Waals surface area contributed by atoms with Crippen LogP contribution in [0.15, 0.2) is 22.7 Å². The largest absolute Gasteiger partial charge is 0.501 e. The molecule has 0 radical (unpaired) electrons. The van der Waals surface area contributed by atoms with E-state index in [0.717, 1.165) is 12.5 Å². The summed E-state index contributed by atoms with van der Waals surface area (Å²) >= 11 is 0. The molecule has 2 amide bonds. The minimum absolute atomic E-state index is 0.0205. The Bertz CT molecular complexity index is 697. The van der Waals surface area contributed by atoms with Gasteiger partial charge >= 0.3 is 0 Å². The lowest BCUT2D eigenvalue weighted by Gasteiger charge is -2.18. The Morgan fingerprint density at radius 1 is 1.50 bits per heavy atom. The van der Waals surface area contributed by atoms with Gasteiger partial charge in [0.15, 0.2) is 0 Å².